The molecule has 2 unspecified atom stereocenters. The highest BCUT2D eigenvalue weighted by Crippen LogP contribution is 2.36. The fourth-order valence-electron chi connectivity index (χ4n) is 7.37. The third-order valence-electron chi connectivity index (χ3n) is 10.4. The average molecular weight is 818 g/mol. The molecular formula is C44H46ClN8O2S2+. The second-order valence-corrected chi connectivity index (χ2v) is 17.4. The summed E-state index contributed by atoms with van der Waals surface area (Å²) < 4.78 is 19.9. The molecule has 2 atom stereocenters. The van der Waals surface area contributed by atoms with Gasteiger partial charge in [0.05, 0.1) is 23.1 Å². The molecule has 5 aromatic carbocycles. The predicted molar refractivity (Wildman–Crippen MR) is 236 cm³/mol. The highest BCUT2D eigenvalue weighted by atomic mass is 35.5. The monoisotopic (exact) mass is 817 g/mol. The maximum Gasteiger partial charge on any atom is 0.280 e. The molecular weight excluding hydrogens is 772 g/mol. The van der Waals surface area contributed by atoms with Crippen LogP contribution in [0.2, 0.25) is 5.02 Å². The van der Waals surface area contributed by atoms with Gasteiger partial charge in [0.15, 0.2) is 11.0 Å². The van der Waals surface area contributed by atoms with Crippen molar-refractivity contribution in [3.8, 4) is 16.9 Å². The van der Waals surface area contributed by atoms with E-state index in [1.165, 1.54) is 4.90 Å². The topological polar surface area (TPSA) is 88.8 Å². The van der Waals surface area contributed by atoms with Crippen molar-refractivity contribution >= 4 is 62.8 Å². The minimum absolute atomic E-state index is 0.105. The van der Waals surface area contributed by atoms with Crippen molar-refractivity contribution in [1.82, 2.24) is 14.5 Å². The van der Waals surface area contributed by atoms with Crippen molar-refractivity contribution < 1.29 is 8.97 Å². The van der Waals surface area contributed by atoms with E-state index in [2.05, 4.69) is 103 Å². The number of aromatic nitrogens is 2. The summed E-state index contributed by atoms with van der Waals surface area (Å²) >= 11 is 7.96. The molecule has 2 aliphatic rings. The van der Waals surface area contributed by atoms with Crippen LogP contribution in [0.5, 0.6) is 0 Å². The fourth-order valence-corrected chi connectivity index (χ4v) is 9.36. The lowest BCUT2D eigenvalue weighted by Gasteiger charge is -2.38. The molecule has 8 rings (SSSR count). The average Bonchev–Trinajstić information content (AvgIpc) is 3.73. The molecule has 6 aromatic rings. The zero-order chi connectivity index (χ0) is 39.3. The van der Waals surface area contributed by atoms with Crippen LogP contribution in [0.25, 0.3) is 16.9 Å². The Morgan fingerprint density at radius 1 is 0.895 bits per heavy atom. The van der Waals surface area contributed by atoms with Gasteiger partial charge >= 0.3 is 0 Å². The molecule has 1 saturated heterocycles. The normalized spacial score (nSPS) is 16.0. The van der Waals surface area contributed by atoms with Gasteiger partial charge in [-0.05, 0) is 106 Å². The fraction of sp³-hybridized carbons (Fsp3) is 0.250. The molecule has 0 aliphatic carbocycles. The Labute approximate surface area is 346 Å². The van der Waals surface area contributed by atoms with E-state index in [-0.39, 0.29) is 12.6 Å². The number of halogens is 1. The number of hydrogen-bond donors (Lipinski definition) is 2. The van der Waals surface area contributed by atoms with Crippen LogP contribution >= 0.6 is 23.4 Å². The van der Waals surface area contributed by atoms with Crippen LogP contribution in [0.3, 0.4) is 0 Å². The number of thioether (sulfide) groups is 1. The van der Waals surface area contributed by atoms with E-state index in [0.717, 1.165) is 94.9 Å². The number of piperazine rings is 1. The van der Waals surface area contributed by atoms with Gasteiger partial charge in [-0.15, -0.1) is 11.8 Å². The molecule has 13 heteroatoms. The van der Waals surface area contributed by atoms with E-state index >= 15 is 0 Å². The van der Waals surface area contributed by atoms with Gasteiger partial charge in [-0.25, -0.2) is 9.19 Å². The standard InChI is InChI=1S/C44H46ClN8O2S2/c1-49(2)20-19-36(30-56-39-9-4-3-5-10-39)47-41-17-16-40-27-43(41)53(54)29-33-25-35(48-57(40)55)13-18-42(33)51-23-21-50(22-24-51)38-8-6-7-32(26-38)44-28-46-31-52(44)37-14-11-34(45)12-15-37/h3-18,25-28,31,36,47-48H,19-24,29-30H2,1-2H3/q+1. The van der Waals surface area contributed by atoms with E-state index in [1.807, 2.05) is 67.1 Å². The lowest BCUT2D eigenvalue weighted by atomic mass is 10.1. The minimum atomic E-state index is -1.54. The maximum atomic E-state index is 14.3. The van der Waals surface area contributed by atoms with Gasteiger partial charge < -0.3 is 24.7 Å². The number of imidazole rings is 1. The molecule has 1 aromatic heterocycles. The summed E-state index contributed by atoms with van der Waals surface area (Å²) in [5.74, 6) is 0.835. The first kappa shape index (κ1) is 38.7. The third kappa shape index (κ3) is 9.20. The molecule has 1 fully saturated rings. The highest BCUT2D eigenvalue weighted by molar-refractivity contribution is 7.99. The van der Waals surface area contributed by atoms with Crippen LogP contribution in [-0.2, 0) is 17.5 Å². The van der Waals surface area contributed by atoms with Crippen LogP contribution in [0, 0.1) is 4.91 Å². The summed E-state index contributed by atoms with van der Waals surface area (Å²) in [5.41, 5.74) is 8.10. The van der Waals surface area contributed by atoms with E-state index < -0.39 is 11.0 Å². The molecule has 2 aliphatic heterocycles. The second-order valence-electron chi connectivity index (χ2n) is 14.6. The van der Waals surface area contributed by atoms with Crippen molar-refractivity contribution in [2.24, 2.45) is 0 Å². The summed E-state index contributed by atoms with van der Waals surface area (Å²) in [6, 6.07) is 38.4. The number of fused-ring (bicyclic) bond motifs is 4. The summed E-state index contributed by atoms with van der Waals surface area (Å²) in [6.45, 7) is 4.26. The number of benzene rings is 5. The molecule has 0 spiro atoms. The highest BCUT2D eigenvalue weighted by Gasteiger charge is 2.29. The van der Waals surface area contributed by atoms with Crippen LogP contribution in [-0.4, -0.2) is 82.0 Å². The maximum absolute atomic E-state index is 14.3. The van der Waals surface area contributed by atoms with Gasteiger partial charge in [0.2, 0.25) is 6.54 Å². The number of anilines is 4. The number of hydrogen-bond acceptors (Lipinski definition) is 8. The molecule has 57 heavy (non-hydrogen) atoms. The molecule has 0 saturated carbocycles. The molecule has 2 N–H and O–H groups in total. The van der Waals surface area contributed by atoms with Gasteiger partial charge in [0.25, 0.3) is 5.69 Å². The largest absolute Gasteiger partial charge is 0.376 e. The van der Waals surface area contributed by atoms with Crippen LogP contribution < -0.4 is 19.8 Å². The summed E-state index contributed by atoms with van der Waals surface area (Å²) in [5, 5.41) is 4.41. The first-order chi connectivity index (χ1) is 27.8. The van der Waals surface area contributed by atoms with E-state index in [4.69, 9.17) is 11.6 Å². The van der Waals surface area contributed by atoms with Gasteiger partial charge in [0.1, 0.15) is 5.69 Å². The lowest BCUT2D eigenvalue weighted by molar-refractivity contribution is -0.479. The van der Waals surface area contributed by atoms with Crippen LogP contribution in [0.4, 0.5) is 28.4 Å². The number of nitrogens with zero attached hydrogens (tertiary/aromatic N) is 6. The molecule has 0 radical (unpaired) electrons. The van der Waals surface area contributed by atoms with Crippen molar-refractivity contribution in [1.29, 1.82) is 0 Å². The SMILES string of the molecule is CN(C)CCC(CSc1ccccc1)Nc1ccc2cc1[N+](=O)Cc1cc(ccc1N1CCN(c3cccc(-c4cncn4-c4ccc(Cl)cc4)c3)CC1)NS2=O. The second kappa shape index (κ2) is 17.6. The smallest absolute Gasteiger partial charge is 0.280 e. The molecule has 10 nitrogen and oxygen atoms in total. The summed E-state index contributed by atoms with van der Waals surface area (Å²) in [7, 11) is 2.61. The minimum Gasteiger partial charge on any atom is -0.376 e. The Morgan fingerprint density at radius 2 is 1.68 bits per heavy atom. The Bertz CT molecular complexity index is 2360. The Hall–Kier alpha value is -5.14. The van der Waals surface area contributed by atoms with E-state index in [1.54, 1.807) is 17.8 Å². The van der Waals surface area contributed by atoms with Crippen molar-refractivity contribution in [3.05, 3.63) is 143 Å². The third-order valence-corrected chi connectivity index (χ3v) is 12.9. The van der Waals surface area contributed by atoms with Crippen LogP contribution in [0.1, 0.15) is 12.0 Å². The molecule has 0 amide bonds. The van der Waals surface area contributed by atoms with Gasteiger partial charge in [-0.1, -0.05) is 41.9 Å². The summed E-state index contributed by atoms with van der Waals surface area (Å²) in [6.07, 6.45) is 4.62. The first-order valence-corrected chi connectivity index (χ1v) is 21.7. The van der Waals surface area contributed by atoms with Gasteiger partial charge in [0, 0.05) is 97.5 Å². The Balaban J connectivity index is 0.990. The Morgan fingerprint density at radius 3 is 2.47 bits per heavy atom. The zero-order valence-electron chi connectivity index (χ0n) is 32.1. The van der Waals surface area contributed by atoms with Gasteiger partial charge in [-0.2, -0.15) is 0 Å². The number of rotatable bonds is 12. The van der Waals surface area contributed by atoms with Crippen LogP contribution in [0.15, 0.2) is 138 Å². The quantitative estimate of drug-likeness (QED) is 0.0935. The number of nitroso groups, excluding NO2 is 1. The molecule has 4 bridgehead atoms. The van der Waals surface area contributed by atoms with Crippen molar-refractivity contribution in [3.63, 3.8) is 0 Å². The zero-order valence-corrected chi connectivity index (χ0v) is 34.4. The molecule has 292 valence electrons. The molecule has 3 heterocycles. The summed E-state index contributed by atoms with van der Waals surface area (Å²) in [4.78, 5) is 27.5. The van der Waals surface area contributed by atoms with Gasteiger partial charge in [-0.3, -0.25) is 4.57 Å². The lowest BCUT2D eigenvalue weighted by Crippen LogP contribution is -2.46. The first-order valence-electron chi connectivity index (χ1n) is 19.2. The van der Waals surface area contributed by atoms with Crippen molar-refractivity contribution in [2.45, 2.75) is 28.8 Å². The van der Waals surface area contributed by atoms with E-state index in [0.29, 0.717) is 15.6 Å². The van der Waals surface area contributed by atoms with E-state index in [9.17, 15) is 9.12 Å². The van der Waals surface area contributed by atoms with Crippen molar-refractivity contribution in [2.75, 3.05) is 72.4 Å². The Kier molecular flexibility index (Phi) is 11.9. The predicted octanol–water partition coefficient (Wildman–Crippen LogP) is 9.10. The number of nitrogens with one attached hydrogen (secondary N) is 2.